The Kier molecular flexibility index (Phi) is 14.9. The van der Waals surface area contributed by atoms with E-state index in [9.17, 15) is 23.2 Å². The van der Waals surface area contributed by atoms with E-state index < -0.39 is 17.5 Å². The minimum absolute atomic E-state index is 0.00911. The molecule has 5 N–H and O–H groups in total. The molecule has 2 unspecified atom stereocenters. The number of aryl methyl sites for hydroxylation is 1. The van der Waals surface area contributed by atoms with Crippen LogP contribution in [0.25, 0.3) is 27.9 Å². The molecule has 3 aromatic carbocycles. The number of aromatic nitrogens is 8. The van der Waals surface area contributed by atoms with Crippen molar-refractivity contribution in [1.82, 2.24) is 49.3 Å². The fourth-order valence-corrected chi connectivity index (χ4v) is 9.62. The minimum atomic E-state index is -0.707. The van der Waals surface area contributed by atoms with Crippen LogP contribution in [0.15, 0.2) is 77.7 Å². The molecule has 6 heterocycles. The van der Waals surface area contributed by atoms with E-state index in [1.165, 1.54) is 42.1 Å². The van der Waals surface area contributed by atoms with Gasteiger partial charge in [0.25, 0.3) is 11.8 Å². The summed E-state index contributed by atoms with van der Waals surface area (Å²) in [5.74, 6) is 0.649. The summed E-state index contributed by atoms with van der Waals surface area (Å²) in [5.41, 5.74) is 12.0. The third-order valence-electron chi connectivity index (χ3n) is 13.3. The molecule has 1 saturated carbocycles. The van der Waals surface area contributed by atoms with E-state index >= 15 is 0 Å². The lowest BCUT2D eigenvalue weighted by molar-refractivity contribution is -0.126. The first kappa shape index (κ1) is 50.4. The molecular weight excluding hydrogens is 1010 g/mol. The van der Waals surface area contributed by atoms with Gasteiger partial charge in [0.15, 0.2) is 17.2 Å². The van der Waals surface area contributed by atoms with E-state index in [0.717, 1.165) is 84.7 Å². The molecule has 19 nitrogen and oxygen atoms in total. The number of halogens is 3. The molecule has 73 heavy (non-hydrogen) atoms. The molecule has 2 aliphatic heterocycles. The standard InChI is InChI=1S/C29H31F2N5O4.C22H24BrN9O/c1-16(14-39-4)29(38)36(3)9-10-40-26-25(33-15-34-27(26)32)22-12-20(30)13-24(17(22)2)35-28(37)21-8-7-19(11-23(21)31)18-5-6-18;1-13-4-5-16-17(7-13)27-19(26-16)9-24-21-29-22(28-20-15(23)8-25-32(20)21)31-10-14-3-2-6-30(12-33)18(14)11-31/h7-8,11-13,15,18H,1,5-6,9-10,14H2,2-4H3,(H,35,37)(H2,32,33,34);4-5,7-8,12,14,18H,2-3,6,9-11H2,1H3,(H,26,27)(H,24,28,29). The number of anilines is 4. The van der Waals surface area contributed by atoms with Crippen molar-refractivity contribution in [2.75, 3.05) is 74.8 Å². The average Bonchev–Trinajstić information content (AvgIpc) is 3.83. The van der Waals surface area contributed by atoms with Gasteiger partial charge in [-0.2, -0.15) is 19.6 Å². The summed E-state index contributed by atoms with van der Waals surface area (Å²) in [6, 6.07) is 13.3. The lowest BCUT2D eigenvalue weighted by atomic mass is 9.93. The molecule has 0 bridgehead atoms. The number of likely N-dealkylation sites (tertiary alicyclic amines) is 1. The third kappa shape index (κ3) is 11.1. The van der Waals surface area contributed by atoms with Crippen molar-refractivity contribution in [3.8, 4) is 17.0 Å². The van der Waals surface area contributed by atoms with Crippen LogP contribution in [0.2, 0.25) is 0 Å². The number of likely N-dealkylation sites (N-methyl/N-ethyl adjacent to an activating group) is 1. The number of methoxy groups -OCH3 is 1. The Morgan fingerprint density at radius 1 is 1.05 bits per heavy atom. The van der Waals surface area contributed by atoms with E-state index in [-0.39, 0.29) is 65.8 Å². The largest absolute Gasteiger partial charge is 0.486 e. The number of nitrogens with two attached hydrogens (primary N) is 1. The molecule has 2 atom stereocenters. The number of ether oxygens (including phenoxy) is 2. The van der Waals surface area contributed by atoms with Crippen LogP contribution < -0.4 is 26.0 Å². The number of rotatable bonds is 16. The van der Waals surface area contributed by atoms with Crippen molar-refractivity contribution in [2.24, 2.45) is 5.92 Å². The first-order valence-corrected chi connectivity index (χ1v) is 24.6. The van der Waals surface area contributed by atoms with Gasteiger partial charge in [0.2, 0.25) is 18.3 Å². The molecule has 3 aliphatic rings. The SMILES string of the molecule is C=C(COC)C(=O)N(C)CCOc1c(N)ncnc1-c1cc(F)cc(NC(=O)c2ccc(C3CC3)cc2F)c1C.Cc1ccc2nc(CNc3nc(N4CC5CCCN(C=O)C5C4)nc4c(Br)cnn34)[nH]c2c1. The van der Waals surface area contributed by atoms with Gasteiger partial charge in [-0.1, -0.05) is 18.7 Å². The summed E-state index contributed by atoms with van der Waals surface area (Å²) in [4.78, 5) is 68.2. The topological polar surface area (TPSA) is 227 Å². The summed E-state index contributed by atoms with van der Waals surface area (Å²) in [7, 11) is 3.06. The van der Waals surface area contributed by atoms with Crippen LogP contribution in [0.5, 0.6) is 5.75 Å². The molecule has 10 rings (SSSR count). The van der Waals surface area contributed by atoms with Crippen LogP contribution in [0.1, 0.15) is 64.5 Å². The summed E-state index contributed by atoms with van der Waals surface area (Å²) in [6.07, 6.45) is 8.11. The number of imidazole rings is 1. The number of hydrogen-bond donors (Lipinski definition) is 4. The Hall–Kier alpha value is -7.59. The van der Waals surface area contributed by atoms with Gasteiger partial charge in [-0.25, -0.2) is 23.7 Å². The Balaban J connectivity index is 0.000000182. The minimum Gasteiger partial charge on any atom is -0.486 e. The van der Waals surface area contributed by atoms with E-state index in [1.54, 1.807) is 30.8 Å². The number of piperidine rings is 1. The Bertz CT molecular complexity index is 3240. The number of fused-ring (bicyclic) bond motifs is 3. The smallest absolute Gasteiger partial charge is 0.258 e. The quantitative estimate of drug-likeness (QED) is 0.0554. The van der Waals surface area contributed by atoms with Crippen LogP contribution in [0.3, 0.4) is 0 Å². The lowest BCUT2D eigenvalue weighted by Crippen LogP contribution is -2.44. The van der Waals surface area contributed by atoms with Crippen LogP contribution in [0.4, 0.5) is 32.2 Å². The highest BCUT2D eigenvalue weighted by molar-refractivity contribution is 9.10. The van der Waals surface area contributed by atoms with Crippen LogP contribution in [-0.4, -0.2) is 127 Å². The summed E-state index contributed by atoms with van der Waals surface area (Å²) in [5, 5.41) is 10.4. The molecule has 7 aromatic rings. The van der Waals surface area contributed by atoms with E-state index in [0.29, 0.717) is 47.1 Å². The van der Waals surface area contributed by atoms with Crippen molar-refractivity contribution < 1.29 is 32.6 Å². The zero-order valence-electron chi connectivity index (χ0n) is 40.8. The van der Waals surface area contributed by atoms with E-state index in [2.05, 4.69) is 82.1 Å². The van der Waals surface area contributed by atoms with Crippen molar-refractivity contribution in [2.45, 2.75) is 58.0 Å². The predicted molar refractivity (Wildman–Crippen MR) is 275 cm³/mol. The summed E-state index contributed by atoms with van der Waals surface area (Å²) in [6.45, 7) is 10.6. The summed E-state index contributed by atoms with van der Waals surface area (Å²) < 4.78 is 42.8. The fourth-order valence-electron chi connectivity index (χ4n) is 9.27. The van der Waals surface area contributed by atoms with Gasteiger partial charge in [-0.05, 0) is 120 Å². The van der Waals surface area contributed by atoms with Gasteiger partial charge >= 0.3 is 0 Å². The van der Waals surface area contributed by atoms with Crippen LogP contribution in [-0.2, 0) is 20.9 Å². The molecular formula is C51H55BrF2N14O5. The number of nitrogens with one attached hydrogen (secondary N) is 3. The van der Waals surface area contributed by atoms with Gasteiger partial charge in [-0.3, -0.25) is 14.4 Å². The number of hydrogen-bond acceptors (Lipinski definition) is 14. The van der Waals surface area contributed by atoms with Crippen molar-refractivity contribution in [1.29, 1.82) is 0 Å². The second-order valence-corrected chi connectivity index (χ2v) is 19.3. The lowest BCUT2D eigenvalue weighted by Gasteiger charge is -2.33. The highest BCUT2D eigenvalue weighted by Gasteiger charge is 2.40. The normalized spacial score (nSPS) is 16.2. The van der Waals surface area contributed by atoms with Crippen molar-refractivity contribution in [3.63, 3.8) is 0 Å². The molecule has 380 valence electrons. The number of H-pyrrole nitrogens is 1. The maximum atomic E-state index is 14.8. The van der Waals surface area contributed by atoms with Gasteiger partial charge in [0.05, 0.1) is 53.0 Å². The summed E-state index contributed by atoms with van der Waals surface area (Å²) >= 11 is 3.56. The molecule has 2 saturated heterocycles. The molecule has 0 spiro atoms. The zero-order chi connectivity index (χ0) is 51.5. The third-order valence-corrected chi connectivity index (χ3v) is 13.8. The van der Waals surface area contributed by atoms with Crippen LogP contribution in [0, 0.1) is 31.4 Å². The Labute approximate surface area is 427 Å². The second-order valence-electron chi connectivity index (χ2n) is 18.5. The Morgan fingerprint density at radius 3 is 2.64 bits per heavy atom. The van der Waals surface area contributed by atoms with E-state index in [4.69, 9.17) is 25.2 Å². The van der Waals surface area contributed by atoms with Crippen molar-refractivity contribution in [3.05, 3.63) is 117 Å². The Morgan fingerprint density at radius 2 is 1.88 bits per heavy atom. The number of benzene rings is 3. The number of amides is 3. The molecule has 3 fully saturated rings. The monoisotopic (exact) mass is 1060 g/mol. The molecule has 3 amide bonds. The number of nitrogens with zero attached hydrogens (tertiary/aromatic N) is 10. The number of aromatic amines is 1. The second kappa shape index (κ2) is 21.6. The number of nitrogen functional groups attached to an aromatic ring is 1. The number of carbonyl (C=O) groups is 3. The molecule has 1 aliphatic carbocycles. The van der Waals surface area contributed by atoms with Gasteiger partial charge in [-0.15, -0.1) is 0 Å². The van der Waals surface area contributed by atoms with E-state index in [1.807, 2.05) is 11.0 Å². The zero-order valence-corrected chi connectivity index (χ0v) is 42.4. The van der Waals surface area contributed by atoms with Crippen molar-refractivity contribution >= 4 is 74.2 Å². The number of carbonyl (C=O) groups excluding carboxylic acids is 3. The molecule has 22 heteroatoms. The highest BCUT2D eigenvalue weighted by atomic mass is 79.9. The predicted octanol–water partition coefficient (Wildman–Crippen LogP) is 7.22. The van der Waals surface area contributed by atoms with Crippen LogP contribution >= 0.6 is 15.9 Å². The maximum Gasteiger partial charge on any atom is 0.258 e. The van der Waals surface area contributed by atoms with Gasteiger partial charge in [0.1, 0.15) is 36.1 Å². The fraction of sp³-hybridized carbons (Fsp3) is 0.353. The first-order valence-electron chi connectivity index (χ1n) is 23.8. The van der Waals surface area contributed by atoms with Gasteiger partial charge < -0.3 is 45.5 Å². The van der Waals surface area contributed by atoms with Gasteiger partial charge in [0, 0.05) is 50.6 Å². The highest BCUT2D eigenvalue weighted by Crippen LogP contribution is 2.41. The molecule has 0 radical (unpaired) electrons. The maximum absolute atomic E-state index is 14.8. The molecule has 4 aromatic heterocycles. The average molecular weight is 1060 g/mol. The first-order chi connectivity index (χ1) is 35.2.